The first kappa shape index (κ1) is 13.3. The lowest BCUT2D eigenvalue weighted by Crippen LogP contribution is -2.17. The van der Waals surface area contributed by atoms with Crippen LogP contribution in [-0.4, -0.2) is 22.5 Å². The Morgan fingerprint density at radius 1 is 1.24 bits per heavy atom. The van der Waals surface area contributed by atoms with Gasteiger partial charge in [-0.2, -0.15) is 0 Å². The van der Waals surface area contributed by atoms with Gasteiger partial charge in [-0.25, -0.2) is 9.37 Å². The van der Waals surface area contributed by atoms with E-state index >= 15 is 0 Å². The topological polar surface area (TPSA) is 46.9 Å². The Bertz CT molecular complexity index is 839. The molecule has 106 valence electrons. The molecule has 0 atom stereocenters. The van der Waals surface area contributed by atoms with Crippen LogP contribution < -0.4 is 5.32 Å². The molecular formula is C16H14FN3O. The summed E-state index contributed by atoms with van der Waals surface area (Å²) in [4.78, 5) is 16.2. The molecule has 0 spiro atoms. The van der Waals surface area contributed by atoms with Crippen molar-refractivity contribution < 1.29 is 9.18 Å². The van der Waals surface area contributed by atoms with E-state index in [1.165, 1.54) is 12.1 Å². The van der Waals surface area contributed by atoms with Crippen LogP contribution in [0.2, 0.25) is 0 Å². The molecule has 3 rings (SSSR count). The fourth-order valence-corrected chi connectivity index (χ4v) is 2.43. The number of nitrogens with one attached hydrogen (secondary N) is 1. The van der Waals surface area contributed by atoms with E-state index in [1.54, 1.807) is 31.3 Å². The summed E-state index contributed by atoms with van der Waals surface area (Å²) in [5, 5.41) is 2.59. The SMILES string of the molecule is CNC(=O)c1cccc(-n2c(C)nc3ccc(F)cc32)c1. The van der Waals surface area contributed by atoms with Crippen molar-refractivity contribution in [2.45, 2.75) is 6.92 Å². The zero-order chi connectivity index (χ0) is 15.0. The standard InChI is InChI=1S/C16H14FN3O/c1-10-19-14-7-6-12(17)9-15(14)20(10)13-5-3-4-11(8-13)16(21)18-2/h3-9H,1-2H3,(H,18,21). The molecule has 1 N–H and O–H groups in total. The van der Waals surface area contributed by atoms with Gasteiger partial charge < -0.3 is 5.32 Å². The van der Waals surface area contributed by atoms with Crippen molar-refractivity contribution in [1.29, 1.82) is 0 Å². The number of hydrogen-bond donors (Lipinski definition) is 1. The third kappa shape index (κ3) is 2.27. The number of carbonyl (C=O) groups is 1. The maximum absolute atomic E-state index is 13.5. The van der Waals surface area contributed by atoms with Gasteiger partial charge in [0.1, 0.15) is 11.6 Å². The van der Waals surface area contributed by atoms with E-state index in [0.717, 1.165) is 17.0 Å². The molecule has 2 aromatic carbocycles. The number of benzene rings is 2. The van der Waals surface area contributed by atoms with E-state index in [2.05, 4.69) is 10.3 Å². The highest BCUT2D eigenvalue weighted by atomic mass is 19.1. The third-order valence-electron chi connectivity index (χ3n) is 3.38. The summed E-state index contributed by atoms with van der Waals surface area (Å²) in [6, 6.07) is 11.6. The number of aromatic nitrogens is 2. The highest BCUT2D eigenvalue weighted by molar-refractivity contribution is 5.94. The van der Waals surface area contributed by atoms with Gasteiger partial charge in [-0.05, 0) is 37.3 Å². The van der Waals surface area contributed by atoms with Crippen LogP contribution in [-0.2, 0) is 0 Å². The van der Waals surface area contributed by atoms with Gasteiger partial charge in [0.2, 0.25) is 0 Å². The Labute approximate surface area is 121 Å². The minimum Gasteiger partial charge on any atom is -0.355 e. The van der Waals surface area contributed by atoms with Crippen LogP contribution in [0.3, 0.4) is 0 Å². The van der Waals surface area contributed by atoms with Crippen LogP contribution in [0, 0.1) is 12.7 Å². The molecule has 0 aliphatic heterocycles. The predicted molar refractivity (Wildman–Crippen MR) is 79.2 cm³/mol. The summed E-state index contributed by atoms with van der Waals surface area (Å²) < 4.78 is 15.3. The van der Waals surface area contributed by atoms with E-state index in [-0.39, 0.29) is 11.7 Å². The molecule has 3 aromatic rings. The number of imidazole rings is 1. The smallest absolute Gasteiger partial charge is 0.251 e. The molecule has 0 aliphatic carbocycles. The van der Waals surface area contributed by atoms with Crippen molar-refractivity contribution in [3.63, 3.8) is 0 Å². The van der Waals surface area contributed by atoms with Crippen LogP contribution in [0.25, 0.3) is 16.7 Å². The fourth-order valence-electron chi connectivity index (χ4n) is 2.43. The van der Waals surface area contributed by atoms with Crippen molar-refractivity contribution in [3.05, 3.63) is 59.7 Å². The third-order valence-corrected chi connectivity index (χ3v) is 3.38. The fraction of sp³-hybridized carbons (Fsp3) is 0.125. The molecule has 0 saturated carbocycles. The van der Waals surface area contributed by atoms with E-state index in [0.29, 0.717) is 11.1 Å². The number of aryl methyl sites for hydroxylation is 1. The molecule has 0 aliphatic rings. The van der Waals surface area contributed by atoms with Crippen molar-refractivity contribution in [3.8, 4) is 5.69 Å². The van der Waals surface area contributed by atoms with Gasteiger partial charge in [0.25, 0.3) is 5.91 Å². The highest BCUT2D eigenvalue weighted by Gasteiger charge is 2.12. The molecule has 1 heterocycles. The Hall–Kier alpha value is -2.69. The molecule has 0 unspecified atom stereocenters. The lowest BCUT2D eigenvalue weighted by Gasteiger charge is -2.09. The number of halogens is 1. The maximum atomic E-state index is 13.5. The van der Waals surface area contributed by atoms with Gasteiger partial charge in [-0.1, -0.05) is 6.07 Å². The zero-order valence-electron chi connectivity index (χ0n) is 11.7. The Kier molecular flexibility index (Phi) is 3.17. The van der Waals surface area contributed by atoms with Gasteiger partial charge in [-0.15, -0.1) is 0 Å². The number of carbonyl (C=O) groups excluding carboxylic acids is 1. The number of nitrogens with zero attached hydrogens (tertiary/aromatic N) is 2. The van der Waals surface area contributed by atoms with Crippen LogP contribution >= 0.6 is 0 Å². The number of amides is 1. The molecule has 0 fully saturated rings. The second kappa shape index (κ2) is 5.01. The molecule has 0 bridgehead atoms. The van der Waals surface area contributed by atoms with Gasteiger partial charge in [0.05, 0.1) is 11.0 Å². The Balaban J connectivity index is 2.23. The Morgan fingerprint density at radius 3 is 2.81 bits per heavy atom. The normalized spacial score (nSPS) is 10.8. The monoisotopic (exact) mass is 283 g/mol. The first-order chi connectivity index (χ1) is 10.1. The van der Waals surface area contributed by atoms with E-state index < -0.39 is 0 Å². The van der Waals surface area contributed by atoms with E-state index in [1.807, 2.05) is 17.6 Å². The summed E-state index contributed by atoms with van der Waals surface area (Å²) in [5.41, 5.74) is 2.73. The number of rotatable bonds is 2. The first-order valence-corrected chi connectivity index (χ1v) is 6.57. The second-order valence-electron chi connectivity index (χ2n) is 4.76. The quantitative estimate of drug-likeness (QED) is 0.786. The largest absolute Gasteiger partial charge is 0.355 e. The molecule has 21 heavy (non-hydrogen) atoms. The van der Waals surface area contributed by atoms with Crippen molar-refractivity contribution in [1.82, 2.24) is 14.9 Å². The number of fused-ring (bicyclic) bond motifs is 1. The van der Waals surface area contributed by atoms with Crippen molar-refractivity contribution in [2.75, 3.05) is 7.05 Å². The highest BCUT2D eigenvalue weighted by Crippen LogP contribution is 2.22. The molecule has 4 nitrogen and oxygen atoms in total. The summed E-state index contributed by atoms with van der Waals surface area (Å²) in [6.45, 7) is 1.85. The average molecular weight is 283 g/mol. The molecule has 0 saturated heterocycles. The van der Waals surface area contributed by atoms with E-state index in [4.69, 9.17) is 0 Å². The van der Waals surface area contributed by atoms with Crippen LogP contribution in [0.15, 0.2) is 42.5 Å². The predicted octanol–water partition coefficient (Wildman–Crippen LogP) is 2.83. The minimum atomic E-state index is -0.314. The lowest BCUT2D eigenvalue weighted by atomic mass is 10.2. The van der Waals surface area contributed by atoms with Gasteiger partial charge >= 0.3 is 0 Å². The summed E-state index contributed by atoms with van der Waals surface area (Å²) >= 11 is 0. The molecule has 1 aromatic heterocycles. The minimum absolute atomic E-state index is 0.162. The average Bonchev–Trinajstić information content (AvgIpc) is 2.81. The zero-order valence-corrected chi connectivity index (χ0v) is 11.7. The first-order valence-electron chi connectivity index (χ1n) is 6.57. The molecule has 0 radical (unpaired) electrons. The van der Waals surface area contributed by atoms with Crippen LogP contribution in [0.5, 0.6) is 0 Å². The number of hydrogen-bond acceptors (Lipinski definition) is 2. The van der Waals surface area contributed by atoms with E-state index in [9.17, 15) is 9.18 Å². The molecular weight excluding hydrogens is 269 g/mol. The van der Waals surface area contributed by atoms with Gasteiger partial charge in [0, 0.05) is 24.4 Å². The summed E-state index contributed by atoms with van der Waals surface area (Å²) in [5.74, 6) is 0.265. The molecule has 5 heteroatoms. The van der Waals surface area contributed by atoms with Gasteiger partial charge in [-0.3, -0.25) is 9.36 Å². The second-order valence-corrected chi connectivity index (χ2v) is 4.76. The van der Waals surface area contributed by atoms with Crippen molar-refractivity contribution >= 4 is 16.9 Å². The van der Waals surface area contributed by atoms with Crippen LogP contribution in [0.1, 0.15) is 16.2 Å². The Morgan fingerprint density at radius 2 is 2.05 bits per heavy atom. The summed E-state index contributed by atoms with van der Waals surface area (Å²) in [6.07, 6.45) is 0. The van der Waals surface area contributed by atoms with Gasteiger partial charge in [0.15, 0.2) is 0 Å². The lowest BCUT2D eigenvalue weighted by molar-refractivity contribution is 0.0963. The maximum Gasteiger partial charge on any atom is 0.251 e. The summed E-state index contributed by atoms with van der Waals surface area (Å²) in [7, 11) is 1.59. The van der Waals surface area contributed by atoms with Crippen LogP contribution in [0.4, 0.5) is 4.39 Å². The van der Waals surface area contributed by atoms with Crippen molar-refractivity contribution in [2.24, 2.45) is 0 Å². The molecule has 1 amide bonds.